The van der Waals surface area contributed by atoms with Crippen molar-refractivity contribution < 1.29 is 19.3 Å². The highest BCUT2D eigenvalue weighted by Gasteiger charge is 2.56. The monoisotopic (exact) mass is 584 g/mol. The molecule has 4 heteroatoms. The molecule has 1 aromatic rings. The van der Waals surface area contributed by atoms with E-state index in [1.807, 2.05) is 13.0 Å². The second-order valence-electron chi connectivity index (χ2n) is 14.6. The van der Waals surface area contributed by atoms with Crippen LogP contribution in [0.15, 0.2) is 77.1 Å². The number of allylic oxidation sites excluding steroid dienone is 7. The Morgan fingerprint density at radius 3 is 2.53 bits per heavy atom. The van der Waals surface area contributed by atoms with E-state index in [4.69, 9.17) is 14.2 Å². The molecule has 232 valence electrons. The van der Waals surface area contributed by atoms with E-state index in [1.54, 1.807) is 11.1 Å². The largest absolute Gasteiger partial charge is 0.494 e. The minimum Gasteiger partial charge on any atom is -0.494 e. The average molecular weight is 585 g/mol. The molecule has 4 aliphatic carbocycles. The lowest BCUT2D eigenvalue weighted by atomic mass is 9.53. The number of aliphatic hydroxyl groups excluding tert-OH is 1. The highest BCUT2D eigenvalue weighted by atomic mass is 16.7. The molecule has 5 atom stereocenters. The summed E-state index contributed by atoms with van der Waals surface area (Å²) in [5.41, 5.74) is 7.32. The van der Waals surface area contributed by atoms with Crippen molar-refractivity contribution in [2.24, 2.45) is 22.7 Å². The van der Waals surface area contributed by atoms with Gasteiger partial charge in [-0.2, -0.15) is 0 Å². The van der Waals surface area contributed by atoms with Crippen LogP contribution < -0.4 is 0 Å². The Hall–Kier alpha value is -2.40. The van der Waals surface area contributed by atoms with Crippen LogP contribution in [-0.4, -0.2) is 36.8 Å². The molecule has 4 fully saturated rings. The molecule has 5 aliphatic rings. The normalized spacial score (nSPS) is 33.4. The Morgan fingerprint density at radius 1 is 1.05 bits per heavy atom. The van der Waals surface area contributed by atoms with Crippen LogP contribution in [0.4, 0.5) is 0 Å². The summed E-state index contributed by atoms with van der Waals surface area (Å²) in [6, 6.07) is 9.19. The third kappa shape index (κ3) is 6.00. The van der Waals surface area contributed by atoms with Gasteiger partial charge in [0.25, 0.3) is 0 Å². The van der Waals surface area contributed by atoms with E-state index < -0.39 is 5.79 Å². The van der Waals surface area contributed by atoms with Gasteiger partial charge in [0, 0.05) is 24.2 Å². The Morgan fingerprint density at radius 2 is 1.81 bits per heavy atom. The predicted molar refractivity (Wildman–Crippen MR) is 174 cm³/mol. The van der Waals surface area contributed by atoms with E-state index in [9.17, 15) is 5.11 Å². The van der Waals surface area contributed by atoms with Crippen molar-refractivity contribution in [2.45, 2.75) is 104 Å². The second-order valence-corrected chi connectivity index (χ2v) is 14.6. The van der Waals surface area contributed by atoms with Crippen molar-refractivity contribution in [2.75, 3.05) is 19.8 Å². The summed E-state index contributed by atoms with van der Waals surface area (Å²) in [6.45, 7) is 13.2. The van der Waals surface area contributed by atoms with Gasteiger partial charge in [0.2, 0.25) is 0 Å². The molecule has 43 heavy (non-hydrogen) atoms. The van der Waals surface area contributed by atoms with Gasteiger partial charge in [-0.1, -0.05) is 81.8 Å². The summed E-state index contributed by atoms with van der Waals surface area (Å²) in [6.07, 6.45) is 20.7. The maximum atomic E-state index is 11.3. The molecule has 1 heterocycles. The number of rotatable bonds is 7. The summed E-state index contributed by atoms with van der Waals surface area (Å²) in [4.78, 5) is 0. The molecular weight excluding hydrogens is 532 g/mol. The fourth-order valence-corrected chi connectivity index (χ4v) is 8.68. The Balaban J connectivity index is 1.27. The Kier molecular flexibility index (Phi) is 8.67. The van der Waals surface area contributed by atoms with Crippen LogP contribution in [0.2, 0.25) is 0 Å². The third-order valence-electron chi connectivity index (χ3n) is 11.0. The fraction of sp³-hybridized carbons (Fsp3) is 0.590. The van der Waals surface area contributed by atoms with Gasteiger partial charge in [-0.25, -0.2) is 0 Å². The molecular formula is C39H52O4. The number of benzene rings is 1. The Labute approximate surface area is 259 Å². The quantitative estimate of drug-likeness (QED) is 0.257. The molecule has 1 aromatic carbocycles. The van der Waals surface area contributed by atoms with E-state index in [0.29, 0.717) is 24.4 Å². The lowest BCUT2D eigenvalue weighted by Crippen LogP contribution is -2.50. The minimum atomic E-state index is -0.460. The number of fused-ring (bicyclic) bond motifs is 4. The predicted octanol–water partition coefficient (Wildman–Crippen LogP) is 9.05. The zero-order chi connectivity index (χ0) is 30.2. The zero-order valence-electron chi connectivity index (χ0n) is 27.0. The van der Waals surface area contributed by atoms with Gasteiger partial charge in [-0.15, -0.1) is 0 Å². The van der Waals surface area contributed by atoms with E-state index in [2.05, 4.69) is 82.3 Å². The van der Waals surface area contributed by atoms with Crippen molar-refractivity contribution in [3.05, 3.63) is 88.3 Å². The smallest absolute Gasteiger partial charge is 0.172 e. The van der Waals surface area contributed by atoms with Crippen LogP contribution in [0.5, 0.6) is 0 Å². The first-order valence-electron chi connectivity index (χ1n) is 16.8. The van der Waals surface area contributed by atoms with Gasteiger partial charge >= 0.3 is 0 Å². The molecule has 3 saturated carbocycles. The molecule has 0 radical (unpaired) electrons. The van der Waals surface area contributed by atoms with Crippen molar-refractivity contribution in [3.8, 4) is 0 Å². The van der Waals surface area contributed by atoms with E-state index in [1.165, 1.54) is 16.7 Å². The van der Waals surface area contributed by atoms with Crippen molar-refractivity contribution in [1.82, 2.24) is 0 Å². The topological polar surface area (TPSA) is 47.9 Å². The average Bonchev–Trinajstić information content (AvgIpc) is 3.30. The van der Waals surface area contributed by atoms with Crippen LogP contribution in [0.1, 0.15) is 103 Å². The van der Waals surface area contributed by atoms with Crippen LogP contribution in [0.3, 0.4) is 0 Å². The van der Waals surface area contributed by atoms with E-state index >= 15 is 0 Å². The number of aliphatic hydroxyl groups is 1. The summed E-state index contributed by atoms with van der Waals surface area (Å²) in [7, 11) is 0. The highest BCUT2D eigenvalue weighted by Crippen LogP contribution is 2.64. The maximum absolute atomic E-state index is 11.3. The molecule has 1 aliphatic heterocycles. The van der Waals surface area contributed by atoms with Crippen LogP contribution in [0, 0.1) is 22.7 Å². The fourth-order valence-electron chi connectivity index (χ4n) is 8.68. The Bertz CT molecular complexity index is 1320. The molecule has 0 aromatic heterocycles. The van der Waals surface area contributed by atoms with E-state index in [0.717, 1.165) is 70.3 Å². The van der Waals surface area contributed by atoms with Crippen molar-refractivity contribution in [1.29, 1.82) is 0 Å². The standard InChI is InChI=1S/C39H52O4/c1-6-10-30(41-7-2)12-9-8-11-27-13-15-28(16-14-27)33-24-38(5)34(19-20-35(38)40)32-18-17-29-23-39(22-21-31(29)36(32)33)42-25-37(3,4)26-43-39/h8-17,32-35,40H,6-7,18-26H2,1-5H3/b11-8+,12-9+,30-10-. The van der Waals surface area contributed by atoms with Gasteiger partial charge in [-0.3, -0.25) is 0 Å². The van der Waals surface area contributed by atoms with Gasteiger partial charge in [-0.05, 0) is 97.1 Å². The molecule has 0 amide bonds. The summed E-state index contributed by atoms with van der Waals surface area (Å²) >= 11 is 0. The van der Waals surface area contributed by atoms with Gasteiger partial charge in [0.05, 0.1) is 25.9 Å². The van der Waals surface area contributed by atoms with Crippen LogP contribution in [0.25, 0.3) is 6.08 Å². The number of hydrogen-bond donors (Lipinski definition) is 1. The van der Waals surface area contributed by atoms with Gasteiger partial charge in [0.15, 0.2) is 5.79 Å². The number of ether oxygens (including phenoxy) is 3. The zero-order valence-corrected chi connectivity index (χ0v) is 27.0. The second kappa shape index (κ2) is 12.2. The number of hydrogen-bond acceptors (Lipinski definition) is 4. The minimum absolute atomic E-state index is 0.0323. The summed E-state index contributed by atoms with van der Waals surface area (Å²) in [5.74, 6) is 1.87. The molecule has 6 rings (SSSR count). The van der Waals surface area contributed by atoms with Crippen LogP contribution >= 0.6 is 0 Å². The maximum Gasteiger partial charge on any atom is 0.172 e. The first-order chi connectivity index (χ1) is 20.7. The molecule has 0 bridgehead atoms. The lowest BCUT2D eigenvalue weighted by Gasteiger charge is -2.53. The first kappa shape index (κ1) is 30.6. The third-order valence-corrected chi connectivity index (χ3v) is 11.0. The first-order valence-corrected chi connectivity index (χ1v) is 16.8. The van der Waals surface area contributed by atoms with Crippen molar-refractivity contribution in [3.63, 3.8) is 0 Å². The van der Waals surface area contributed by atoms with Crippen LogP contribution in [-0.2, 0) is 14.2 Å². The highest BCUT2D eigenvalue weighted by molar-refractivity contribution is 5.54. The SMILES string of the molecule is CC/C=C(/C=C/C=C/c1ccc(C2CC3(C)C(O)CCC3C3CC=C4CC5(CCC4=C23)OCC(C)(C)CO5)cc1)OCC. The van der Waals surface area contributed by atoms with Gasteiger partial charge < -0.3 is 19.3 Å². The molecule has 4 nitrogen and oxygen atoms in total. The van der Waals surface area contributed by atoms with Gasteiger partial charge in [0.1, 0.15) is 5.76 Å². The molecule has 1 spiro atoms. The van der Waals surface area contributed by atoms with E-state index in [-0.39, 0.29) is 16.9 Å². The summed E-state index contributed by atoms with van der Waals surface area (Å²) in [5, 5.41) is 11.3. The molecule has 1 saturated heterocycles. The summed E-state index contributed by atoms with van der Waals surface area (Å²) < 4.78 is 18.6. The molecule has 1 N–H and O–H groups in total. The molecule has 5 unspecified atom stereocenters. The van der Waals surface area contributed by atoms with Crippen molar-refractivity contribution >= 4 is 6.08 Å². The lowest BCUT2D eigenvalue weighted by molar-refractivity contribution is -0.302.